The van der Waals surface area contributed by atoms with Crippen molar-refractivity contribution in [2.45, 2.75) is 12.1 Å². The molecule has 0 radical (unpaired) electrons. The molecule has 0 spiro atoms. The van der Waals surface area contributed by atoms with Crippen LogP contribution in [0.15, 0.2) is 0 Å². The molecule has 1 unspecified atom stereocenters. The highest BCUT2D eigenvalue weighted by atomic mass is 16.5. The smallest absolute Gasteiger partial charge is 0.142 e. The molecular formula is C4H9NO2. The molecule has 1 saturated heterocycles. The van der Waals surface area contributed by atoms with Gasteiger partial charge in [-0.05, 0) is 0 Å². The monoisotopic (exact) mass is 103 g/mol. The first-order valence-corrected chi connectivity index (χ1v) is 2.30. The van der Waals surface area contributed by atoms with Crippen LogP contribution < -0.4 is 5.73 Å². The van der Waals surface area contributed by atoms with Crippen molar-refractivity contribution in [1.29, 1.82) is 0 Å². The van der Waals surface area contributed by atoms with Crippen LogP contribution in [0.1, 0.15) is 6.42 Å². The Morgan fingerprint density at radius 2 is 2.43 bits per heavy atom. The number of aliphatic hydroxyl groups excluding tert-OH is 1. The van der Waals surface area contributed by atoms with Gasteiger partial charge in [-0.1, -0.05) is 0 Å². The first-order chi connectivity index (χ1) is 3.27. The second-order valence-corrected chi connectivity index (χ2v) is 1.82. The van der Waals surface area contributed by atoms with Crippen molar-refractivity contribution in [3.05, 3.63) is 0 Å². The van der Waals surface area contributed by atoms with Gasteiger partial charge < -0.3 is 15.6 Å². The first kappa shape index (κ1) is 5.03. The zero-order valence-electron chi connectivity index (χ0n) is 4.05. The summed E-state index contributed by atoms with van der Waals surface area (Å²) in [7, 11) is 0. The molecule has 1 aliphatic rings. The summed E-state index contributed by atoms with van der Waals surface area (Å²) >= 11 is 0. The lowest BCUT2D eigenvalue weighted by Crippen LogP contribution is -2.54. The van der Waals surface area contributed by atoms with Gasteiger partial charge in [0.1, 0.15) is 5.72 Å². The van der Waals surface area contributed by atoms with Gasteiger partial charge in [0.25, 0.3) is 0 Å². The predicted octanol–water partition coefficient (Wildman–Crippen LogP) is -0.946. The third-order valence-electron chi connectivity index (χ3n) is 1.18. The van der Waals surface area contributed by atoms with Gasteiger partial charge in [0.15, 0.2) is 0 Å². The van der Waals surface area contributed by atoms with Crippen LogP contribution in [0.25, 0.3) is 0 Å². The van der Waals surface area contributed by atoms with E-state index in [-0.39, 0.29) is 6.61 Å². The highest BCUT2D eigenvalue weighted by molar-refractivity contribution is 4.78. The lowest BCUT2D eigenvalue weighted by Gasteiger charge is -2.35. The Morgan fingerprint density at radius 1 is 1.86 bits per heavy atom. The zero-order chi connectivity index (χ0) is 5.33. The highest BCUT2D eigenvalue weighted by Crippen LogP contribution is 2.17. The fourth-order valence-electron chi connectivity index (χ4n) is 0.489. The summed E-state index contributed by atoms with van der Waals surface area (Å²) < 4.78 is 4.80. The lowest BCUT2D eigenvalue weighted by atomic mass is 10.1. The van der Waals surface area contributed by atoms with Gasteiger partial charge in [0, 0.05) is 6.42 Å². The Kier molecular flexibility index (Phi) is 1.03. The minimum Gasteiger partial charge on any atom is -0.392 e. The lowest BCUT2D eigenvalue weighted by molar-refractivity contribution is -0.165. The average molecular weight is 103 g/mol. The van der Waals surface area contributed by atoms with E-state index in [2.05, 4.69) is 0 Å². The standard InChI is InChI=1S/C4H9NO2/c5-4(3-6)1-2-7-4/h6H,1-3,5H2. The third kappa shape index (κ3) is 0.748. The van der Waals surface area contributed by atoms with Gasteiger partial charge in [0.2, 0.25) is 0 Å². The quantitative estimate of drug-likeness (QED) is 0.450. The van der Waals surface area contributed by atoms with Gasteiger partial charge in [-0.25, -0.2) is 0 Å². The number of nitrogens with two attached hydrogens (primary N) is 1. The minimum absolute atomic E-state index is 0.0625. The number of hydrogen-bond donors (Lipinski definition) is 2. The molecule has 0 aliphatic carbocycles. The Labute approximate surface area is 42.1 Å². The minimum atomic E-state index is -0.681. The van der Waals surface area contributed by atoms with Crippen LogP contribution in [0.5, 0.6) is 0 Å². The van der Waals surface area contributed by atoms with E-state index in [4.69, 9.17) is 15.6 Å². The van der Waals surface area contributed by atoms with Gasteiger partial charge in [-0.3, -0.25) is 0 Å². The molecule has 1 aliphatic heterocycles. The summed E-state index contributed by atoms with van der Waals surface area (Å²) in [6, 6.07) is 0. The van der Waals surface area contributed by atoms with Gasteiger partial charge in [0.05, 0.1) is 13.2 Å². The molecule has 3 N–H and O–H groups in total. The molecule has 42 valence electrons. The van der Waals surface area contributed by atoms with E-state index >= 15 is 0 Å². The van der Waals surface area contributed by atoms with Crippen LogP contribution in [0.3, 0.4) is 0 Å². The topological polar surface area (TPSA) is 55.5 Å². The Hall–Kier alpha value is -0.120. The summed E-state index contributed by atoms with van der Waals surface area (Å²) in [5.41, 5.74) is 4.65. The first-order valence-electron chi connectivity index (χ1n) is 2.30. The zero-order valence-corrected chi connectivity index (χ0v) is 4.05. The third-order valence-corrected chi connectivity index (χ3v) is 1.18. The highest BCUT2D eigenvalue weighted by Gasteiger charge is 2.32. The van der Waals surface area contributed by atoms with E-state index in [0.29, 0.717) is 6.61 Å². The van der Waals surface area contributed by atoms with Crippen molar-refractivity contribution >= 4 is 0 Å². The van der Waals surface area contributed by atoms with Gasteiger partial charge >= 0.3 is 0 Å². The summed E-state index contributed by atoms with van der Waals surface area (Å²) in [5, 5.41) is 8.40. The summed E-state index contributed by atoms with van der Waals surface area (Å²) in [6.07, 6.45) is 0.781. The Balaban J connectivity index is 2.29. The molecule has 1 rings (SSSR count). The maximum Gasteiger partial charge on any atom is 0.142 e. The van der Waals surface area contributed by atoms with Crippen molar-refractivity contribution in [3.8, 4) is 0 Å². The average Bonchev–Trinajstić information content (AvgIpc) is 1.61. The normalized spacial score (nSPS) is 40.3. The van der Waals surface area contributed by atoms with E-state index < -0.39 is 5.72 Å². The molecule has 1 fully saturated rings. The van der Waals surface area contributed by atoms with Crippen molar-refractivity contribution in [2.75, 3.05) is 13.2 Å². The molecule has 7 heavy (non-hydrogen) atoms. The molecule has 0 aromatic carbocycles. The van der Waals surface area contributed by atoms with Crippen molar-refractivity contribution in [3.63, 3.8) is 0 Å². The molecule has 0 aromatic rings. The number of ether oxygens (including phenoxy) is 1. The Morgan fingerprint density at radius 3 is 2.43 bits per heavy atom. The summed E-state index contributed by atoms with van der Waals surface area (Å²) in [5.74, 6) is 0. The molecule has 0 bridgehead atoms. The van der Waals surface area contributed by atoms with Gasteiger partial charge in [-0.2, -0.15) is 0 Å². The molecular weight excluding hydrogens is 94.0 g/mol. The van der Waals surface area contributed by atoms with E-state index in [1.54, 1.807) is 0 Å². The van der Waals surface area contributed by atoms with Crippen LogP contribution in [-0.2, 0) is 4.74 Å². The predicted molar refractivity (Wildman–Crippen MR) is 24.6 cm³/mol. The van der Waals surface area contributed by atoms with Crippen LogP contribution >= 0.6 is 0 Å². The molecule has 3 heteroatoms. The molecule has 0 saturated carbocycles. The fourth-order valence-corrected chi connectivity index (χ4v) is 0.489. The van der Waals surface area contributed by atoms with E-state index in [0.717, 1.165) is 6.42 Å². The molecule has 0 amide bonds. The van der Waals surface area contributed by atoms with Crippen molar-refractivity contribution in [2.24, 2.45) is 5.73 Å². The van der Waals surface area contributed by atoms with E-state index in [9.17, 15) is 0 Å². The van der Waals surface area contributed by atoms with Crippen LogP contribution in [0.4, 0.5) is 0 Å². The largest absolute Gasteiger partial charge is 0.392 e. The van der Waals surface area contributed by atoms with Crippen molar-refractivity contribution < 1.29 is 9.84 Å². The summed E-state index contributed by atoms with van der Waals surface area (Å²) in [4.78, 5) is 0. The fraction of sp³-hybridized carbons (Fsp3) is 1.00. The van der Waals surface area contributed by atoms with Crippen molar-refractivity contribution in [1.82, 2.24) is 0 Å². The molecule has 0 aromatic heterocycles. The number of rotatable bonds is 1. The molecule has 3 nitrogen and oxygen atoms in total. The van der Waals surface area contributed by atoms with Crippen LogP contribution in [-0.4, -0.2) is 24.0 Å². The number of hydrogen-bond acceptors (Lipinski definition) is 3. The molecule has 1 heterocycles. The second-order valence-electron chi connectivity index (χ2n) is 1.82. The van der Waals surface area contributed by atoms with Gasteiger partial charge in [-0.15, -0.1) is 0 Å². The van der Waals surface area contributed by atoms with E-state index in [1.807, 2.05) is 0 Å². The van der Waals surface area contributed by atoms with Crippen LogP contribution in [0.2, 0.25) is 0 Å². The maximum absolute atomic E-state index is 8.40. The van der Waals surface area contributed by atoms with Crippen LogP contribution in [0, 0.1) is 0 Å². The SMILES string of the molecule is NC1(CO)CCO1. The Bertz CT molecular complexity index is 64.6. The maximum atomic E-state index is 8.40. The van der Waals surface area contributed by atoms with E-state index in [1.165, 1.54) is 0 Å². The summed E-state index contributed by atoms with van der Waals surface area (Å²) in [6.45, 7) is 0.629. The number of aliphatic hydroxyl groups is 1. The second kappa shape index (κ2) is 1.43. The molecule has 1 atom stereocenters.